The van der Waals surface area contributed by atoms with Crippen molar-refractivity contribution < 1.29 is 14.3 Å². The third-order valence-electron chi connectivity index (χ3n) is 3.42. The monoisotopic (exact) mass is 374 g/mol. The van der Waals surface area contributed by atoms with Gasteiger partial charge in [-0.1, -0.05) is 35.1 Å². The zero-order chi connectivity index (χ0) is 17.8. The summed E-state index contributed by atoms with van der Waals surface area (Å²) in [5.41, 5.74) is 1.57. The SMILES string of the molecule is COc1cc(OC)c2nc(NC(=O)C=Cc3ccc(Cl)cc3)sc2c1. The first-order valence-electron chi connectivity index (χ1n) is 7.36. The fourth-order valence-corrected chi connectivity index (χ4v) is 3.24. The Morgan fingerprint density at radius 2 is 1.96 bits per heavy atom. The van der Waals surface area contributed by atoms with Crippen molar-refractivity contribution >= 4 is 50.3 Å². The molecule has 0 saturated carbocycles. The molecule has 0 unspecified atom stereocenters. The number of hydrogen-bond acceptors (Lipinski definition) is 5. The van der Waals surface area contributed by atoms with Crippen molar-refractivity contribution in [2.75, 3.05) is 19.5 Å². The number of thiazole rings is 1. The Balaban J connectivity index is 1.78. The number of hydrogen-bond donors (Lipinski definition) is 1. The van der Waals surface area contributed by atoms with E-state index in [9.17, 15) is 4.79 Å². The van der Waals surface area contributed by atoms with Crippen LogP contribution in [0.15, 0.2) is 42.5 Å². The van der Waals surface area contributed by atoms with Crippen molar-refractivity contribution in [3.63, 3.8) is 0 Å². The maximum atomic E-state index is 12.1. The zero-order valence-electron chi connectivity index (χ0n) is 13.6. The number of ether oxygens (including phenoxy) is 2. The van der Waals surface area contributed by atoms with E-state index in [0.29, 0.717) is 27.2 Å². The van der Waals surface area contributed by atoms with Gasteiger partial charge in [-0.05, 0) is 29.8 Å². The molecule has 7 heteroatoms. The number of aromatic nitrogens is 1. The Bertz CT molecular complexity index is 935. The Morgan fingerprint density at radius 3 is 2.64 bits per heavy atom. The Labute approximate surface area is 153 Å². The molecule has 2 aromatic carbocycles. The van der Waals surface area contributed by atoms with Gasteiger partial charge in [-0.25, -0.2) is 4.98 Å². The molecule has 0 aliphatic rings. The van der Waals surface area contributed by atoms with Crippen molar-refractivity contribution in [2.45, 2.75) is 0 Å². The average Bonchev–Trinajstić information content (AvgIpc) is 3.02. The summed E-state index contributed by atoms with van der Waals surface area (Å²) >= 11 is 7.19. The van der Waals surface area contributed by atoms with Crippen molar-refractivity contribution in [3.05, 3.63) is 53.1 Å². The number of amides is 1. The number of fused-ring (bicyclic) bond motifs is 1. The second kappa shape index (κ2) is 7.55. The van der Waals surface area contributed by atoms with E-state index in [1.165, 1.54) is 17.4 Å². The number of nitrogens with zero attached hydrogens (tertiary/aromatic N) is 1. The topological polar surface area (TPSA) is 60.5 Å². The van der Waals surface area contributed by atoms with Gasteiger partial charge in [0.1, 0.15) is 17.0 Å². The molecule has 0 atom stereocenters. The van der Waals surface area contributed by atoms with Crippen LogP contribution in [0.2, 0.25) is 5.02 Å². The van der Waals surface area contributed by atoms with Crippen LogP contribution in [-0.2, 0) is 4.79 Å². The molecular formula is C18H15ClN2O3S. The Hall–Kier alpha value is -2.57. The lowest BCUT2D eigenvalue weighted by Crippen LogP contribution is -2.07. The number of carbonyl (C=O) groups excluding carboxylic acids is 1. The molecule has 1 N–H and O–H groups in total. The summed E-state index contributed by atoms with van der Waals surface area (Å²) in [4.78, 5) is 16.5. The van der Waals surface area contributed by atoms with E-state index < -0.39 is 0 Å². The molecule has 25 heavy (non-hydrogen) atoms. The summed E-state index contributed by atoms with van der Waals surface area (Å²) in [6.07, 6.45) is 3.16. The van der Waals surface area contributed by atoms with Crippen molar-refractivity contribution in [3.8, 4) is 11.5 Å². The predicted molar refractivity (Wildman–Crippen MR) is 102 cm³/mol. The van der Waals surface area contributed by atoms with Gasteiger partial charge in [0.05, 0.1) is 18.9 Å². The highest BCUT2D eigenvalue weighted by molar-refractivity contribution is 7.22. The van der Waals surface area contributed by atoms with Gasteiger partial charge in [-0.2, -0.15) is 0 Å². The molecule has 5 nitrogen and oxygen atoms in total. The quantitative estimate of drug-likeness (QED) is 0.662. The third-order valence-corrected chi connectivity index (χ3v) is 4.59. The summed E-state index contributed by atoms with van der Waals surface area (Å²) < 4.78 is 11.4. The van der Waals surface area contributed by atoms with E-state index in [2.05, 4.69) is 10.3 Å². The van der Waals surface area contributed by atoms with Crippen molar-refractivity contribution in [2.24, 2.45) is 0 Å². The number of nitrogens with one attached hydrogen (secondary N) is 1. The van der Waals surface area contributed by atoms with Gasteiger partial charge in [0.15, 0.2) is 5.13 Å². The van der Waals surface area contributed by atoms with E-state index in [1.807, 2.05) is 18.2 Å². The van der Waals surface area contributed by atoms with E-state index in [4.69, 9.17) is 21.1 Å². The van der Waals surface area contributed by atoms with Gasteiger partial charge in [-0.3, -0.25) is 10.1 Å². The fourth-order valence-electron chi connectivity index (χ4n) is 2.19. The Kier molecular flexibility index (Phi) is 5.21. The molecular weight excluding hydrogens is 360 g/mol. The van der Waals surface area contributed by atoms with Gasteiger partial charge in [0.25, 0.3) is 0 Å². The van der Waals surface area contributed by atoms with Crippen LogP contribution in [0.5, 0.6) is 11.5 Å². The lowest BCUT2D eigenvalue weighted by atomic mass is 10.2. The lowest BCUT2D eigenvalue weighted by molar-refractivity contribution is -0.111. The highest BCUT2D eigenvalue weighted by atomic mass is 35.5. The van der Waals surface area contributed by atoms with Crippen molar-refractivity contribution in [1.29, 1.82) is 0 Å². The van der Waals surface area contributed by atoms with E-state index in [1.54, 1.807) is 38.5 Å². The fraction of sp³-hybridized carbons (Fsp3) is 0.111. The molecule has 0 fully saturated rings. The summed E-state index contributed by atoms with van der Waals surface area (Å²) in [5.74, 6) is 1.01. The zero-order valence-corrected chi connectivity index (χ0v) is 15.1. The number of benzene rings is 2. The normalized spacial score (nSPS) is 11.0. The number of rotatable bonds is 5. The van der Waals surface area contributed by atoms with Crippen LogP contribution < -0.4 is 14.8 Å². The number of halogens is 1. The molecule has 1 aromatic heterocycles. The molecule has 0 aliphatic carbocycles. The molecule has 0 bridgehead atoms. The average molecular weight is 375 g/mol. The van der Waals surface area contributed by atoms with Crippen LogP contribution in [0.25, 0.3) is 16.3 Å². The molecule has 0 saturated heterocycles. The smallest absolute Gasteiger partial charge is 0.250 e. The van der Waals surface area contributed by atoms with Gasteiger partial charge >= 0.3 is 0 Å². The predicted octanol–water partition coefficient (Wildman–Crippen LogP) is 4.62. The van der Waals surface area contributed by atoms with Crippen molar-refractivity contribution in [1.82, 2.24) is 4.98 Å². The molecule has 1 amide bonds. The van der Waals surface area contributed by atoms with Crippen LogP contribution in [0.4, 0.5) is 5.13 Å². The summed E-state index contributed by atoms with van der Waals surface area (Å²) in [5, 5.41) is 3.91. The first kappa shape index (κ1) is 17.3. The largest absolute Gasteiger partial charge is 0.497 e. The maximum Gasteiger partial charge on any atom is 0.250 e. The van der Waals surface area contributed by atoms with Crippen LogP contribution in [0.1, 0.15) is 5.56 Å². The third kappa shape index (κ3) is 4.10. The van der Waals surface area contributed by atoms with Crippen LogP contribution in [0, 0.1) is 0 Å². The first-order valence-corrected chi connectivity index (χ1v) is 8.55. The van der Waals surface area contributed by atoms with E-state index >= 15 is 0 Å². The molecule has 3 aromatic rings. The molecule has 3 rings (SSSR count). The first-order chi connectivity index (χ1) is 12.1. The molecule has 128 valence electrons. The standard InChI is InChI=1S/C18H15ClN2O3S/c1-23-13-9-14(24-2)17-15(10-13)25-18(21-17)20-16(22)8-5-11-3-6-12(19)7-4-11/h3-10H,1-2H3,(H,20,21,22). The summed E-state index contributed by atoms with van der Waals surface area (Å²) in [7, 11) is 3.16. The molecule has 0 spiro atoms. The maximum absolute atomic E-state index is 12.1. The summed E-state index contributed by atoms with van der Waals surface area (Å²) in [6.45, 7) is 0. The molecule has 0 radical (unpaired) electrons. The second-order valence-electron chi connectivity index (χ2n) is 5.07. The Morgan fingerprint density at radius 1 is 1.20 bits per heavy atom. The second-order valence-corrected chi connectivity index (χ2v) is 6.54. The van der Waals surface area contributed by atoms with Gasteiger partial charge < -0.3 is 9.47 Å². The molecule has 1 heterocycles. The minimum Gasteiger partial charge on any atom is -0.497 e. The highest BCUT2D eigenvalue weighted by Crippen LogP contribution is 2.36. The minimum absolute atomic E-state index is 0.264. The van der Waals surface area contributed by atoms with Gasteiger partial charge in [-0.15, -0.1) is 0 Å². The molecule has 0 aliphatic heterocycles. The van der Waals surface area contributed by atoms with Gasteiger partial charge in [0.2, 0.25) is 5.91 Å². The van der Waals surface area contributed by atoms with Crippen LogP contribution >= 0.6 is 22.9 Å². The highest BCUT2D eigenvalue weighted by Gasteiger charge is 2.12. The minimum atomic E-state index is -0.264. The van der Waals surface area contributed by atoms with Crippen LogP contribution in [0.3, 0.4) is 0 Å². The summed E-state index contributed by atoms with van der Waals surface area (Å²) in [6, 6.07) is 10.8. The van der Waals surface area contributed by atoms with Crippen LogP contribution in [-0.4, -0.2) is 25.1 Å². The van der Waals surface area contributed by atoms with E-state index in [0.717, 1.165) is 10.3 Å². The van der Waals surface area contributed by atoms with E-state index in [-0.39, 0.29) is 5.91 Å². The number of anilines is 1. The number of carbonyl (C=O) groups is 1. The van der Waals surface area contributed by atoms with Gasteiger partial charge in [0, 0.05) is 17.2 Å². The lowest BCUT2D eigenvalue weighted by Gasteiger charge is -2.03. The number of methoxy groups -OCH3 is 2.